The minimum absolute atomic E-state index is 0.705. The van der Waals surface area contributed by atoms with E-state index in [0.29, 0.717) is 5.92 Å². The van der Waals surface area contributed by atoms with Crippen molar-refractivity contribution in [1.82, 2.24) is 0 Å². The normalized spacial score (nSPS) is 34.7. The molecule has 2 aliphatic carbocycles. The van der Waals surface area contributed by atoms with Gasteiger partial charge in [0.15, 0.2) is 0 Å². The highest BCUT2D eigenvalue weighted by atomic mass is 16.5. The molecule has 2 unspecified atom stereocenters. The molecule has 0 radical (unpaired) electrons. The maximum absolute atomic E-state index is 5.22. The van der Waals surface area contributed by atoms with Crippen molar-refractivity contribution in [3.63, 3.8) is 0 Å². The Kier molecular flexibility index (Phi) is 1.95. The van der Waals surface area contributed by atoms with Crippen LogP contribution >= 0.6 is 0 Å². The van der Waals surface area contributed by atoms with Gasteiger partial charge in [-0.2, -0.15) is 0 Å². The van der Waals surface area contributed by atoms with E-state index in [0.717, 1.165) is 17.6 Å². The van der Waals surface area contributed by atoms with Gasteiger partial charge in [0.25, 0.3) is 0 Å². The molecule has 2 rings (SSSR count). The third kappa shape index (κ3) is 1.40. The van der Waals surface area contributed by atoms with E-state index >= 15 is 0 Å². The number of allylic oxidation sites excluding steroid dienone is 3. The molecule has 0 aliphatic heterocycles. The van der Waals surface area contributed by atoms with Gasteiger partial charge in [-0.3, -0.25) is 0 Å². The molecule has 0 saturated heterocycles. The monoisotopic (exact) mass is 164 g/mol. The lowest BCUT2D eigenvalue weighted by Crippen LogP contribution is -2.13. The molecule has 1 nitrogen and oxygen atoms in total. The summed E-state index contributed by atoms with van der Waals surface area (Å²) in [5.41, 5.74) is 0. The Morgan fingerprint density at radius 1 is 1.42 bits per heavy atom. The quantitative estimate of drug-likeness (QED) is 0.609. The number of hydrogen-bond acceptors (Lipinski definition) is 1. The van der Waals surface area contributed by atoms with Crippen LogP contribution in [0.5, 0.6) is 0 Å². The molecule has 0 bridgehead atoms. The summed E-state index contributed by atoms with van der Waals surface area (Å²) in [4.78, 5) is 0. The fraction of sp³-hybridized carbons (Fsp3) is 0.636. The molecule has 1 saturated carbocycles. The fourth-order valence-electron chi connectivity index (χ4n) is 1.95. The molecular formula is C11H16O. The SMILES string of the molecule is COC1=CC(C2CC2)C(C)C=C1. The van der Waals surface area contributed by atoms with E-state index in [1.807, 2.05) is 0 Å². The van der Waals surface area contributed by atoms with Crippen molar-refractivity contribution in [2.45, 2.75) is 19.8 Å². The zero-order valence-corrected chi connectivity index (χ0v) is 7.79. The van der Waals surface area contributed by atoms with Gasteiger partial charge in [-0.1, -0.05) is 13.0 Å². The lowest BCUT2D eigenvalue weighted by Gasteiger charge is -2.21. The van der Waals surface area contributed by atoms with Crippen LogP contribution in [0.1, 0.15) is 19.8 Å². The minimum atomic E-state index is 0.705. The van der Waals surface area contributed by atoms with Gasteiger partial charge in [-0.15, -0.1) is 0 Å². The summed E-state index contributed by atoms with van der Waals surface area (Å²) in [5, 5.41) is 0. The summed E-state index contributed by atoms with van der Waals surface area (Å²) in [6, 6.07) is 0. The van der Waals surface area contributed by atoms with Gasteiger partial charge >= 0.3 is 0 Å². The highest BCUT2D eigenvalue weighted by molar-refractivity contribution is 5.21. The van der Waals surface area contributed by atoms with Gasteiger partial charge in [0, 0.05) is 0 Å². The predicted octanol–water partition coefficient (Wildman–Crippen LogP) is 2.75. The third-order valence-corrected chi connectivity index (χ3v) is 2.93. The Labute approximate surface area is 74.1 Å². The molecule has 12 heavy (non-hydrogen) atoms. The average Bonchev–Trinajstić information content (AvgIpc) is 2.88. The second-order valence-electron chi connectivity index (χ2n) is 3.91. The molecule has 1 fully saturated rings. The van der Waals surface area contributed by atoms with E-state index < -0.39 is 0 Å². The molecule has 0 amide bonds. The maximum atomic E-state index is 5.22. The van der Waals surface area contributed by atoms with Gasteiger partial charge in [-0.25, -0.2) is 0 Å². The summed E-state index contributed by atoms with van der Waals surface area (Å²) >= 11 is 0. The smallest absolute Gasteiger partial charge is 0.114 e. The maximum Gasteiger partial charge on any atom is 0.114 e. The van der Waals surface area contributed by atoms with Crippen LogP contribution in [0.4, 0.5) is 0 Å². The van der Waals surface area contributed by atoms with Crippen molar-refractivity contribution in [2.75, 3.05) is 7.11 Å². The van der Waals surface area contributed by atoms with Gasteiger partial charge in [0.1, 0.15) is 5.76 Å². The summed E-state index contributed by atoms with van der Waals surface area (Å²) < 4.78 is 5.22. The van der Waals surface area contributed by atoms with Crippen LogP contribution in [-0.2, 0) is 4.74 Å². The highest BCUT2D eigenvalue weighted by Crippen LogP contribution is 2.43. The number of methoxy groups -OCH3 is 1. The van der Waals surface area contributed by atoms with E-state index in [1.54, 1.807) is 7.11 Å². The Morgan fingerprint density at radius 2 is 2.17 bits per heavy atom. The van der Waals surface area contributed by atoms with E-state index in [4.69, 9.17) is 4.74 Å². The zero-order chi connectivity index (χ0) is 8.55. The summed E-state index contributed by atoms with van der Waals surface area (Å²) in [5.74, 6) is 3.43. The molecule has 66 valence electrons. The van der Waals surface area contributed by atoms with Crippen LogP contribution < -0.4 is 0 Å². The van der Waals surface area contributed by atoms with E-state index in [9.17, 15) is 0 Å². The first-order chi connectivity index (χ1) is 5.81. The first-order valence-electron chi connectivity index (χ1n) is 4.75. The first-order valence-corrected chi connectivity index (χ1v) is 4.75. The minimum Gasteiger partial charge on any atom is -0.497 e. The Balaban J connectivity index is 2.10. The van der Waals surface area contributed by atoms with Crippen LogP contribution in [-0.4, -0.2) is 7.11 Å². The van der Waals surface area contributed by atoms with Crippen molar-refractivity contribution in [1.29, 1.82) is 0 Å². The van der Waals surface area contributed by atoms with E-state index in [-0.39, 0.29) is 0 Å². The van der Waals surface area contributed by atoms with Gasteiger partial charge in [-0.05, 0) is 42.7 Å². The Bertz CT molecular complexity index is 223. The van der Waals surface area contributed by atoms with Crippen LogP contribution in [0.2, 0.25) is 0 Å². The molecular weight excluding hydrogens is 148 g/mol. The lowest BCUT2D eigenvalue weighted by molar-refractivity contribution is 0.291. The molecule has 2 aliphatic rings. The van der Waals surface area contributed by atoms with E-state index in [1.165, 1.54) is 12.8 Å². The number of rotatable bonds is 2. The fourth-order valence-corrected chi connectivity index (χ4v) is 1.95. The Morgan fingerprint density at radius 3 is 2.75 bits per heavy atom. The standard InChI is InChI=1S/C11H16O/c1-8-3-6-10(12-2)7-11(8)9-4-5-9/h3,6-9,11H,4-5H2,1-2H3. The molecule has 0 heterocycles. The molecule has 1 heteroatoms. The summed E-state index contributed by atoms with van der Waals surface area (Å²) in [7, 11) is 1.75. The van der Waals surface area contributed by atoms with Gasteiger partial charge < -0.3 is 4.74 Å². The van der Waals surface area contributed by atoms with Crippen LogP contribution in [0.15, 0.2) is 24.0 Å². The molecule has 0 aromatic carbocycles. The Hall–Kier alpha value is -0.720. The number of hydrogen-bond donors (Lipinski definition) is 0. The van der Waals surface area contributed by atoms with Crippen LogP contribution in [0, 0.1) is 17.8 Å². The van der Waals surface area contributed by atoms with Crippen molar-refractivity contribution >= 4 is 0 Å². The van der Waals surface area contributed by atoms with Gasteiger partial charge in [0.05, 0.1) is 7.11 Å². The highest BCUT2D eigenvalue weighted by Gasteiger charge is 2.33. The second kappa shape index (κ2) is 2.96. The van der Waals surface area contributed by atoms with Crippen molar-refractivity contribution < 1.29 is 4.74 Å². The average molecular weight is 164 g/mol. The topological polar surface area (TPSA) is 9.23 Å². The second-order valence-corrected chi connectivity index (χ2v) is 3.91. The van der Waals surface area contributed by atoms with Gasteiger partial charge in [0.2, 0.25) is 0 Å². The number of ether oxygens (including phenoxy) is 1. The van der Waals surface area contributed by atoms with Crippen molar-refractivity contribution in [2.24, 2.45) is 17.8 Å². The van der Waals surface area contributed by atoms with Crippen molar-refractivity contribution in [3.8, 4) is 0 Å². The molecule has 0 aromatic rings. The zero-order valence-electron chi connectivity index (χ0n) is 7.79. The van der Waals surface area contributed by atoms with Crippen LogP contribution in [0.25, 0.3) is 0 Å². The van der Waals surface area contributed by atoms with Crippen molar-refractivity contribution in [3.05, 3.63) is 24.0 Å². The summed E-state index contributed by atoms with van der Waals surface area (Å²) in [6.45, 7) is 2.29. The third-order valence-electron chi connectivity index (χ3n) is 2.93. The molecule has 0 spiro atoms. The predicted molar refractivity (Wildman–Crippen MR) is 49.6 cm³/mol. The largest absolute Gasteiger partial charge is 0.497 e. The lowest BCUT2D eigenvalue weighted by atomic mass is 9.86. The van der Waals surface area contributed by atoms with Crippen LogP contribution in [0.3, 0.4) is 0 Å². The first kappa shape index (κ1) is 7.90. The van der Waals surface area contributed by atoms with E-state index in [2.05, 4.69) is 25.2 Å². The molecule has 2 atom stereocenters. The molecule has 0 N–H and O–H groups in total. The molecule has 0 aromatic heterocycles. The summed E-state index contributed by atoms with van der Waals surface area (Å²) in [6.07, 6.45) is 9.47.